The first-order valence-corrected chi connectivity index (χ1v) is 7.68. The van der Waals surface area contributed by atoms with Gasteiger partial charge in [-0.1, -0.05) is 18.0 Å². The molecule has 1 aliphatic carbocycles. The SMILES string of the molecule is Cc1cnc(-c2noc(C3CC4CCCCC4N3)n2)nc1. The van der Waals surface area contributed by atoms with Crippen LogP contribution in [0.2, 0.25) is 0 Å². The van der Waals surface area contributed by atoms with Crippen molar-refractivity contribution in [2.24, 2.45) is 5.92 Å². The molecule has 21 heavy (non-hydrogen) atoms. The Morgan fingerprint density at radius 2 is 1.95 bits per heavy atom. The minimum atomic E-state index is 0.185. The van der Waals surface area contributed by atoms with Gasteiger partial charge in [-0.2, -0.15) is 4.98 Å². The van der Waals surface area contributed by atoms with E-state index in [1.165, 1.54) is 25.7 Å². The topological polar surface area (TPSA) is 76.7 Å². The van der Waals surface area contributed by atoms with Crippen molar-refractivity contribution >= 4 is 0 Å². The molecule has 1 N–H and O–H groups in total. The second kappa shape index (κ2) is 5.18. The monoisotopic (exact) mass is 285 g/mol. The van der Waals surface area contributed by atoms with Crippen molar-refractivity contribution in [1.82, 2.24) is 25.4 Å². The van der Waals surface area contributed by atoms with Crippen LogP contribution in [0.15, 0.2) is 16.9 Å². The quantitative estimate of drug-likeness (QED) is 0.913. The van der Waals surface area contributed by atoms with Crippen molar-refractivity contribution in [3.63, 3.8) is 0 Å². The Kier molecular flexibility index (Phi) is 3.18. The fourth-order valence-corrected chi connectivity index (χ4v) is 3.49. The van der Waals surface area contributed by atoms with Gasteiger partial charge in [0, 0.05) is 18.4 Å². The first-order chi connectivity index (χ1) is 10.3. The summed E-state index contributed by atoms with van der Waals surface area (Å²) in [5, 5.41) is 7.67. The van der Waals surface area contributed by atoms with Gasteiger partial charge in [-0.25, -0.2) is 9.97 Å². The molecule has 3 atom stereocenters. The molecule has 6 heteroatoms. The van der Waals surface area contributed by atoms with E-state index in [1.54, 1.807) is 12.4 Å². The van der Waals surface area contributed by atoms with Gasteiger partial charge >= 0.3 is 0 Å². The van der Waals surface area contributed by atoms with Gasteiger partial charge in [-0.15, -0.1) is 0 Å². The maximum absolute atomic E-state index is 5.44. The lowest BCUT2D eigenvalue weighted by molar-refractivity contribution is 0.324. The minimum Gasteiger partial charge on any atom is -0.337 e. The van der Waals surface area contributed by atoms with Gasteiger partial charge in [0.25, 0.3) is 0 Å². The Balaban J connectivity index is 1.53. The van der Waals surface area contributed by atoms with E-state index in [-0.39, 0.29) is 6.04 Å². The highest BCUT2D eigenvalue weighted by Crippen LogP contribution is 2.38. The predicted molar refractivity (Wildman–Crippen MR) is 76.3 cm³/mol. The highest BCUT2D eigenvalue weighted by molar-refractivity contribution is 5.41. The van der Waals surface area contributed by atoms with E-state index in [2.05, 4.69) is 25.4 Å². The van der Waals surface area contributed by atoms with Crippen LogP contribution in [0, 0.1) is 12.8 Å². The number of aryl methyl sites for hydroxylation is 1. The van der Waals surface area contributed by atoms with Gasteiger partial charge in [-0.3, -0.25) is 0 Å². The molecule has 1 saturated heterocycles. The molecule has 1 aliphatic heterocycles. The Bertz CT molecular complexity index is 609. The van der Waals surface area contributed by atoms with Crippen molar-refractivity contribution in [2.75, 3.05) is 0 Å². The molecule has 0 amide bonds. The Hall–Kier alpha value is -1.82. The van der Waals surface area contributed by atoms with Crippen LogP contribution in [0.4, 0.5) is 0 Å². The largest absolute Gasteiger partial charge is 0.337 e. The number of aromatic nitrogens is 4. The molecule has 6 nitrogen and oxygen atoms in total. The number of hydrogen-bond donors (Lipinski definition) is 1. The third-order valence-corrected chi connectivity index (χ3v) is 4.58. The Labute approximate surface area is 123 Å². The Morgan fingerprint density at radius 1 is 1.14 bits per heavy atom. The molecule has 2 aromatic rings. The molecular formula is C15H19N5O. The Morgan fingerprint density at radius 3 is 2.76 bits per heavy atom. The molecule has 3 heterocycles. The summed E-state index contributed by atoms with van der Waals surface area (Å²) in [6.07, 6.45) is 9.89. The van der Waals surface area contributed by atoms with E-state index in [1.807, 2.05) is 6.92 Å². The lowest BCUT2D eigenvalue weighted by Gasteiger charge is -2.24. The molecule has 0 bridgehead atoms. The van der Waals surface area contributed by atoms with E-state index < -0.39 is 0 Å². The van der Waals surface area contributed by atoms with E-state index >= 15 is 0 Å². The number of hydrogen-bond acceptors (Lipinski definition) is 6. The molecule has 2 fully saturated rings. The molecule has 0 radical (unpaired) electrons. The van der Waals surface area contributed by atoms with Crippen LogP contribution < -0.4 is 5.32 Å². The lowest BCUT2D eigenvalue weighted by Crippen LogP contribution is -2.30. The summed E-state index contributed by atoms with van der Waals surface area (Å²) in [7, 11) is 0. The van der Waals surface area contributed by atoms with E-state index in [4.69, 9.17) is 4.52 Å². The van der Waals surface area contributed by atoms with Crippen LogP contribution in [0.3, 0.4) is 0 Å². The van der Waals surface area contributed by atoms with Crippen LogP contribution in [0.1, 0.15) is 49.6 Å². The fourth-order valence-electron chi connectivity index (χ4n) is 3.49. The zero-order chi connectivity index (χ0) is 14.2. The summed E-state index contributed by atoms with van der Waals surface area (Å²) in [6, 6.07) is 0.805. The molecule has 4 rings (SSSR count). The summed E-state index contributed by atoms with van der Waals surface area (Å²) in [4.78, 5) is 13.0. The molecule has 1 saturated carbocycles. The molecule has 0 aromatic carbocycles. The number of rotatable bonds is 2. The van der Waals surface area contributed by atoms with E-state index in [0.717, 1.165) is 17.9 Å². The van der Waals surface area contributed by atoms with Crippen LogP contribution in [0.25, 0.3) is 11.6 Å². The zero-order valence-corrected chi connectivity index (χ0v) is 12.1. The lowest BCUT2D eigenvalue weighted by atomic mass is 9.85. The highest BCUT2D eigenvalue weighted by Gasteiger charge is 2.38. The second-order valence-corrected chi connectivity index (χ2v) is 6.15. The summed E-state index contributed by atoms with van der Waals surface area (Å²) >= 11 is 0. The van der Waals surface area contributed by atoms with Crippen molar-refractivity contribution in [1.29, 1.82) is 0 Å². The van der Waals surface area contributed by atoms with Gasteiger partial charge < -0.3 is 9.84 Å². The predicted octanol–water partition coefficient (Wildman–Crippen LogP) is 2.43. The maximum Gasteiger partial charge on any atom is 0.244 e. The van der Waals surface area contributed by atoms with Gasteiger partial charge in [0.15, 0.2) is 0 Å². The van der Waals surface area contributed by atoms with Crippen LogP contribution in [-0.2, 0) is 0 Å². The van der Waals surface area contributed by atoms with E-state index in [9.17, 15) is 0 Å². The van der Waals surface area contributed by atoms with Gasteiger partial charge in [0.1, 0.15) is 0 Å². The summed E-state index contributed by atoms with van der Waals surface area (Å²) in [5.41, 5.74) is 1.02. The maximum atomic E-state index is 5.44. The number of nitrogens with one attached hydrogen (secondary N) is 1. The third kappa shape index (κ3) is 2.44. The molecule has 0 spiro atoms. The average molecular weight is 285 g/mol. The van der Waals surface area contributed by atoms with Gasteiger partial charge in [-0.05, 0) is 37.7 Å². The zero-order valence-electron chi connectivity index (χ0n) is 12.1. The number of fused-ring (bicyclic) bond motifs is 1. The highest BCUT2D eigenvalue weighted by atomic mass is 16.5. The van der Waals surface area contributed by atoms with Crippen LogP contribution in [0.5, 0.6) is 0 Å². The molecule has 2 aliphatic rings. The minimum absolute atomic E-state index is 0.185. The smallest absolute Gasteiger partial charge is 0.244 e. The molecule has 3 unspecified atom stereocenters. The normalized spacial score (nSPS) is 28.5. The van der Waals surface area contributed by atoms with Crippen molar-refractivity contribution in [2.45, 2.75) is 51.1 Å². The first-order valence-electron chi connectivity index (χ1n) is 7.68. The molecule has 110 valence electrons. The van der Waals surface area contributed by atoms with Crippen LogP contribution >= 0.6 is 0 Å². The standard InChI is InChI=1S/C15H19N5O/c1-9-7-16-13(17-8-9)14-19-15(21-20-14)12-6-10-4-2-3-5-11(10)18-12/h7-8,10-12,18H,2-6H2,1H3. The summed E-state index contributed by atoms with van der Waals surface area (Å²) < 4.78 is 5.44. The van der Waals surface area contributed by atoms with Gasteiger partial charge in [0.05, 0.1) is 6.04 Å². The van der Waals surface area contributed by atoms with E-state index in [0.29, 0.717) is 23.6 Å². The summed E-state index contributed by atoms with van der Waals surface area (Å²) in [5.74, 6) is 2.42. The van der Waals surface area contributed by atoms with Crippen molar-refractivity contribution in [3.05, 3.63) is 23.8 Å². The molecule has 2 aromatic heterocycles. The van der Waals surface area contributed by atoms with Crippen LogP contribution in [-0.4, -0.2) is 26.2 Å². The van der Waals surface area contributed by atoms with Crippen molar-refractivity contribution < 1.29 is 4.52 Å². The number of nitrogens with zero attached hydrogens (tertiary/aromatic N) is 4. The second-order valence-electron chi connectivity index (χ2n) is 6.15. The van der Waals surface area contributed by atoms with Crippen molar-refractivity contribution in [3.8, 4) is 11.6 Å². The fraction of sp³-hybridized carbons (Fsp3) is 0.600. The first kappa shape index (κ1) is 12.9. The molecular weight excluding hydrogens is 266 g/mol. The summed E-state index contributed by atoms with van der Waals surface area (Å²) in [6.45, 7) is 1.95. The third-order valence-electron chi connectivity index (χ3n) is 4.58. The van der Waals surface area contributed by atoms with Gasteiger partial charge in [0.2, 0.25) is 17.5 Å². The average Bonchev–Trinajstić information content (AvgIpc) is 3.14.